The van der Waals surface area contributed by atoms with Crippen molar-refractivity contribution < 1.29 is 9.90 Å². The van der Waals surface area contributed by atoms with E-state index in [1.165, 1.54) is 0 Å². The fourth-order valence-electron chi connectivity index (χ4n) is 1.23. The van der Waals surface area contributed by atoms with Crippen molar-refractivity contribution in [3.8, 4) is 5.75 Å². The third kappa shape index (κ3) is 4.69. The summed E-state index contributed by atoms with van der Waals surface area (Å²) in [6, 6.07) is 5.11. The Morgan fingerprint density at radius 2 is 2.06 bits per heavy atom. The van der Waals surface area contributed by atoms with Gasteiger partial charge in [-0.3, -0.25) is 4.79 Å². The van der Waals surface area contributed by atoms with Gasteiger partial charge < -0.3 is 10.4 Å². The first-order valence-corrected chi connectivity index (χ1v) is 6.50. The maximum absolute atomic E-state index is 11.7. The van der Waals surface area contributed by atoms with Crippen LogP contribution in [0.2, 0.25) is 0 Å². The van der Waals surface area contributed by atoms with E-state index in [1.54, 1.807) is 36.9 Å². The monoisotopic (exact) mass is 253 g/mol. The summed E-state index contributed by atoms with van der Waals surface area (Å²) in [6.45, 7) is 8.00. The van der Waals surface area contributed by atoms with Crippen LogP contribution >= 0.6 is 11.8 Å². The summed E-state index contributed by atoms with van der Waals surface area (Å²) < 4.78 is 0.0746. The number of anilines is 1. The molecule has 3 nitrogen and oxygen atoms in total. The van der Waals surface area contributed by atoms with Gasteiger partial charge in [-0.15, -0.1) is 11.8 Å². The Bertz CT molecular complexity index is 410. The van der Waals surface area contributed by atoms with Crippen LogP contribution in [0.5, 0.6) is 5.75 Å². The van der Waals surface area contributed by atoms with Gasteiger partial charge in [0.1, 0.15) is 5.75 Å². The normalized spacial score (nSPS) is 11.3. The van der Waals surface area contributed by atoms with Crippen LogP contribution in [-0.2, 0) is 4.79 Å². The summed E-state index contributed by atoms with van der Waals surface area (Å²) in [5, 5.41) is 12.3. The van der Waals surface area contributed by atoms with Gasteiger partial charge in [-0.2, -0.15) is 0 Å². The Morgan fingerprint density at radius 1 is 1.41 bits per heavy atom. The summed E-state index contributed by atoms with van der Waals surface area (Å²) in [5.74, 6) is 0.573. The van der Waals surface area contributed by atoms with E-state index >= 15 is 0 Å². The molecule has 1 aromatic carbocycles. The molecule has 0 aliphatic rings. The minimum Gasteiger partial charge on any atom is -0.508 e. The summed E-state index contributed by atoms with van der Waals surface area (Å²) in [5.41, 5.74) is 1.37. The molecule has 0 bridgehead atoms. The van der Waals surface area contributed by atoms with E-state index in [1.807, 2.05) is 0 Å². The number of benzene rings is 1. The molecule has 2 N–H and O–H groups in total. The van der Waals surface area contributed by atoms with Gasteiger partial charge in [0.15, 0.2) is 0 Å². The fraction of sp³-hybridized carbons (Fsp3) is 0.462. The zero-order valence-corrected chi connectivity index (χ0v) is 11.5. The van der Waals surface area contributed by atoms with E-state index in [4.69, 9.17) is 0 Å². The summed E-state index contributed by atoms with van der Waals surface area (Å²) >= 11 is 1.60. The van der Waals surface area contributed by atoms with E-state index in [0.717, 1.165) is 0 Å². The Labute approximate surface area is 107 Å². The van der Waals surface area contributed by atoms with Crippen LogP contribution in [-0.4, -0.2) is 21.5 Å². The number of rotatable bonds is 3. The number of phenols is 1. The highest BCUT2D eigenvalue weighted by Crippen LogP contribution is 2.25. The van der Waals surface area contributed by atoms with Gasteiger partial charge in [0.2, 0.25) is 5.91 Å². The van der Waals surface area contributed by atoms with Crippen molar-refractivity contribution in [3.63, 3.8) is 0 Å². The zero-order chi connectivity index (χ0) is 13.1. The molecule has 0 atom stereocenters. The molecule has 0 heterocycles. The highest BCUT2D eigenvalue weighted by molar-refractivity contribution is 8.01. The molecular weight excluding hydrogens is 234 g/mol. The molecule has 1 rings (SSSR count). The molecule has 0 fully saturated rings. The number of thioether (sulfide) groups is 1. The lowest BCUT2D eigenvalue weighted by Gasteiger charge is -2.17. The molecule has 0 aliphatic carbocycles. The van der Waals surface area contributed by atoms with E-state index in [-0.39, 0.29) is 16.4 Å². The maximum atomic E-state index is 11.7. The quantitative estimate of drug-likeness (QED) is 0.870. The molecule has 0 saturated carbocycles. The van der Waals surface area contributed by atoms with Gasteiger partial charge in [0.25, 0.3) is 0 Å². The molecule has 0 aromatic heterocycles. The van der Waals surface area contributed by atoms with Crippen LogP contribution < -0.4 is 5.32 Å². The molecule has 1 aromatic rings. The SMILES string of the molecule is Cc1c(O)cccc1NC(=O)CSC(C)(C)C. The zero-order valence-electron chi connectivity index (χ0n) is 10.7. The van der Waals surface area contributed by atoms with Crippen LogP contribution in [0.15, 0.2) is 18.2 Å². The lowest BCUT2D eigenvalue weighted by Crippen LogP contribution is -2.19. The third-order valence-electron chi connectivity index (χ3n) is 2.22. The van der Waals surface area contributed by atoms with Gasteiger partial charge in [0.05, 0.1) is 5.75 Å². The minimum absolute atomic E-state index is 0.0429. The van der Waals surface area contributed by atoms with Gasteiger partial charge >= 0.3 is 0 Å². The molecule has 94 valence electrons. The Morgan fingerprint density at radius 3 is 2.65 bits per heavy atom. The fourth-order valence-corrected chi connectivity index (χ4v) is 1.86. The topological polar surface area (TPSA) is 49.3 Å². The molecule has 0 spiro atoms. The first-order chi connectivity index (χ1) is 7.79. The Kier molecular flexibility index (Phi) is 4.46. The van der Waals surface area contributed by atoms with E-state index in [0.29, 0.717) is 17.0 Å². The Hall–Kier alpha value is -1.16. The summed E-state index contributed by atoms with van der Waals surface area (Å²) in [6.07, 6.45) is 0. The molecule has 0 aliphatic heterocycles. The molecule has 1 amide bonds. The van der Waals surface area contributed by atoms with Gasteiger partial charge in [-0.05, 0) is 19.1 Å². The number of carbonyl (C=O) groups is 1. The smallest absolute Gasteiger partial charge is 0.234 e. The molecule has 0 unspecified atom stereocenters. The molecule has 17 heavy (non-hydrogen) atoms. The van der Waals surface area contributed by atoms with Gasteiger partial charge in [-0.1, -0.05) is 26.8 Å². The highest BCUT2D eigenvalue weighted by Gasteiger charge is 2.14. The van der Waals surface area contributed by atoms with E-state index < -0.39 is 0 Å². The molecule has 0 saturated heterocycles. The first kappa shape index (κ1) is 13.9. The predicted molar refractivity (Wildman–Crippen MR) is 73.7 cm³/mol. The number of nitrogens with one attached hydrogen (secondary N) is 1. The standard InChI is InChI=1S/C13H19NO2S/c1-9-10(6-5-7-11(9)15)14-12(16)8-17-13(2,3)4/h5-7,15H,8H2,1-4H3,(H,14,16). The number of amides is 1. The largest absolute Gasteiger partial charge is 0.508 e. The average Bonchev–Trinajstić information content (AvgIpc) is 2.21. The van der Waals surface area contributed by atoms with Crippen LogP contribution in [0, 0.1) is 6.92 Å². The lowest BCUT2D eigenvalue weighted by atomic mass is 10.2. The van der Waals surface area contributed by atoms with Crippen LogP contribution in [0.25, 0.3) is 0 Å². The predicted octanol–water partition coefficient (Wildman–Crippen LogP) is 3.17. The third-order valence-corrected chi connectivity index (χ3v) is 3.49. The maximum Gasteiger partial charge on any atom is 0.234 e. The lowest BCUT2D eigenvalue weighted by molar-refractivity contribution is -0.113. The molecule has 4 heteroatoms. The minimum atomic E-state index is -0.0429. The van der Waals surface area contributed by atoms with Crippen molar-refractivity contribution in [2.45, 2.75) is 32.4 Å². The second kappa shape index (κ2) is 5.45. The number of phenolic OH excluding ortho intramolecular Hbond substituents is 1. The summed E-state index contributed by atoms with van der Waals surface area (Å²) in [4.78, 5) is 11.7. The van der Waals surface area contributed by atoms with Crippen molar-refractivity contribution in [3.05, 3.63) is 23.8 Å². The second-order valence-corrected chi connectivity index (χ2v) is 6.70. The van der Waals surface area contributed by atoms with Gasteiger partial charge in [-0.25, -0.2) is 0 Å². The Balaban J connectivity index is 2.60. The average molecular weight is 253 g/mol. The van der Waals surface area contributed by atoms with Crippen molar-refractivity contribution in [1.82, 2.24) is 0 Å². The highest BCUT2D eigenvalue weighted by atomic mass is 32.2. The van der Waals surface area contributed by atoms with Crippen molar-refractivity contribution >= 4 is 23.4 Å². The number of aromatic hydroxyl groups is 1. The van der Waals surface area contributed by atoms with Crippen LogP contribution in [0.1, 0.15) is 26.3 Å². The molecular formula is C13H19NO2S. The number of carbonyl (C=O) groups excluding carboxylic acids is 1. The van der Waals surface area contributed by atoms with Crippen LogP contribution in [0.3, 0.4) is 0 Å². The first-order valence-electron chi connectivity index (χ1n) is 5.52. The van der Waals surface area contributed by atoms with E-state index in [2.05, 4.69) is 26.1 Å². The van der Waals surface area contributed by atoms with Crippen LogP contribution in [0.4, 0.5) is 5.69 Å². The van der Waals surface area contributed by atoms with Crippen molar-refractivity contribution in [1.29, 1.82) is 0 Å². The molecule has 0 radical (unpaired) electrons. The number of hydrogen-bond acceptors (Lipinski definition) is 3. The number of hydrogen-bond donors (Lipinski definition) is 2. The van der Waals surface area contributed by atoms with Crippen molar-refractivity contribution in [2.24, 2.45) is 0 Å². The van der Waals surface area contributed by atoms with Crippen molar-refractivity contribution in [2.75, 3.05) is 11.1 Å². The summed E-state index contributed by atoms with van der Waals surface area (Å²) in [7, 11) is 0. The van der Waals surface area contributed by atoms with E-state index in [9.17, 15) is 9.90 Å². The second-order valence-electron chi connectivity index (χ2n) is 4.90. The van der Waals surface area contributed by atoms with Gasteiger partial charge in [0, 0.05) is 16.0 Å².